The van der Waals surface area contributed by atoms with Gasteiger partial charge >= 0.3 is 0 Å². The fraction of sp³-hybridized carbons (Fsp3) is 0.333. The number of benzene rings is 2. The molecule has 7 heteroatoms. The van der Waals surface area contributed by atoms with Crippen LogP contribution in [0.4, 0.5) is 15.8 Å². The quantitative estimate of drug-likeness (QED) is 0.803. The van der Waals surface area contributed by atoms with Crippen LogP contribution < -0.4 is 10.6 Å². The molecule has 2 N–H and O–H groups in total. The minimum absolute atomic E-state index is 0.0509. The third kappa shape index (κ3) is 5.37. The topological polar surface area (TPSA) is 64.7 Å². The molecule has 0 saturated carbocycles. The van der Waals surface area contributed by atoms with E-state index in [0.29, 0.717) is 32.7 Å². The van der Waals surface area contributed by atoms with E-state index in [2.05, 4.69) is 15.5 Å². The molecule has 0 bridgehead atoms. The third-order valence-corrected chi connectivity index (χ3v) is 4.89. The summed E-state index contributed by atoms with van der Waals surface area (Å²) in [5.74, 6) is -0.734. The molecule has 1 fully saturated rings. The maximum absolute atomic E-state index is 13.7. The first-order valence-electron chi connectivity index (χ1n) is 9.39. The van der Waals surface area contributed by atoms with Gasteiger partial charge in [-0.1, -0.05) is 30.3 Å². The van der Waals surface area contributed by atoms with E-state index in [1.807, 2.05) is 42.2 Å². The van der Waals surface area contributed by atoms with E-state index in [-0.39, 0.29) is 23.5 Å². The van der Waals surface area contributed by atoms with E-state index < -0.39 is 5.82 Å². The number of hydrogen-bond acceptors (Lipinski definition) is 4. The van der Waals surface area contributed by atoms with Crippen LogP contribution in [0.3, 0.4) is 0 Å². The Morgan fingerprint density at radius 3 is 2.29 bits per heavy atom. The Hall–Kier alpha value is -2.77. The van der Waals surface area contributed by atoms with Crippen LogP contribution in [0.15, 0.2) is 54.6 Å². The summed E-state index contributed by atoms with van der Waals surface area (Å²) in [7, 11) is 0. The molecule has 2 aromatic carbocycles. The Bertz CT molecular complexity index is 807. The molecule has 1 heterocycles. The van der Waals surface area contributed by atoms with E-state index in [1.165, 1.54) is 6.07 Å². The van der Waals surface area contributed by atoms with E-state index in [9.17, 15) is 14.0 Å². The Kier molecular flexibility index (Phi) is 6.73. The molecule has 2 amide bonds. The van der Waals surface area contributed by atoms with Crippen molar-refractivity contribution in [2.75, 3.05) is 43.4 Å². The highest BCUT2D eigenvalue weighted by molar-refractivity contribution is 5.94. The number of hydrogen-bond donors (Lipinski definition) is 2. The summed E-state index contributed by atoms with van der Waals surface area (Å²) in [5, 5.41) is 5.52. The van der Waals surface area contributed by atoms with Crippen molar-refractivity contribution in [3.8, 4) is 0 Å². The normalized spacial score (nSPS) is 16.4. The van der Waals surface area contributed by atoms with Crippen molar-refractivity contribution in [2.45, 2.75) is 13.0 Å². The molecular formula is C21H25FN4O2. The number of para-hydroxylation sites is 2. The molecular weight excluding hydrogens is 359 g/mol. The second-order valence-electron chi connectivity index (χ2n) is 6.87. The maximum atomic E-state index is 13.7. The lowest BCUT2D eigenvalue weighted by Crippen LogP contribution is -2.53. The van der Waals surface area contributed by atoms with Gasteiger partial charge in [-0.05, 0) is 31.2 Å². The molecule has 1 aliphatic rings. The number of carbonyl (C=O) groups is 2. The summed E-state index contributed by atoms with van der Waals surface area (Å²) in [6, 6.07) is 15.1. The zero-order valence-electron chi connectivity index (χ0n) is 15.9. The molecule has 3 rings (SSSR count). The highest BCUT2D eigenvalue weighted by Gasteiger charge is 2.26. The Balaban J connectivity index is 1.44. The van der Waals surface area contributed by atoms with Crippen molar-refractivity contribution in [2.24, 2.45) is 0 Å². The SMILES string of the molecule is CC(C(=O)Nc1ccccc1F)N1CCN(CC(=O)Nc2ccccc2)CC1. The number of halogens is 1. The molecule has 148 valence electrons. The van der Waals surface area contributed by atoms with Gasteiger partial charge in [0.25, 0.3) is 0 Å². The molecule has 0 aromatic heterocycles. The van der Waals surface area contributed by atoms with Gasteiger partial charge in [0.15, 0.2) is 0 Å². The molecule has 28 heavy (non-hydrogen) atoms. The molecule has 2 aromatic rings. The number of amides is 2. The number of rotatable bonds is 6. The average molecular weight is 384 g/mol. The molecule has 1 atom stereocenters. The first-order chi connectivity index (χ1) is 13.5. The van der Waals surface area contributed by atoms with Gasteiger partial charge in [-0.2, -0.15) is 0 Å². The molecule has 1 aliphatic heterocycles. The largest absolute Gasteiger partial charge is 0.325 e. The van der Waals surface area contributed by atoms with E-state index in [0.717, 1.165) is 5.69 Å². The lowest BCUT2D eigenvalue weighted by Gasteiger charge is -2.37. The van der Waals surface area contributed by atoms with Crippen LogP contribution in [0, 0.1) is 5.82 Å². The molecule has 6 nitrogen and oxygen atoms in total. The fourth-order valence-electron chi connectivity index (χ4n) is 3.20. The van der Waals surface area contributed by atoms with Gasteiger partial charge in [-0.3, -0.25) is 19.4 Å². The first kappa shape index (κ1) is 20.0. The smallest absolute Gasteiger partial charge is 0.241 e. The highest BCUT2D eigenvalue weighted by atomic mass is 19.1. The maximum Gasteiger partial charge on any atom is 0.241 e. The number of piperazine rings is 1. The molecule has 1 unspecified atom stereocenters. The summed E-state index contributed by atoms with van der Waals surface area (Å²) in [5.41, 5.74) is 0.972. The predicted octanol–water partition coefficient (Wildman–Crippen LogP) is 2.41. The standard InChI is InChI=1S/C21H25FN4O2/c1-16(21(28)24-19-10-6-5-9-18(19)22)26-13-11-25(12-14-26)15-20(27)23-17-7-3-2-4-8-17/h2-10,16H,11-15H2,1H3,(H,23,27)(H,24,28). The molecule has 1 saturated heterocycles. The second kappa shape index (κ2) is 9.43. The van der Waals surface area contributed by atoms with Gasteiger partial charge in [0.2, 0.25) is 11.8 Å². The summed E-state index contributed by atoms with van der Waals surface area (Å²) in [6.45, 7) is 4.86. The van der Waals surface area contributed by atoms with E-state index in [1.54, 1.807) is 18.2 Å². The van der Waals surface area contributed by atoms with Crippen LogP contribution in [-0.2, 0) is 9.59 Å². The van der Waals surface area contributed by atoms with Crippen molar-refractivity contribution < 1.29 is 14.0 Å². The first-order valence-corrected chi connectivity index (χ1v) is 9.39. The molecule has 0 radical (unpaired) electrons. The number of nitrogens with zero attached hydrogens (tertiary/aromatic N) is 2. The monoisotopic (exact) mass is 384 g/mol. The molecule has 0 spiro atoms. The van der Waals surface area contributed by atoms with Crippen molar-refractivity contribution in [3.63, 3.8) is 0 Å². The van der Waals surface area contributed by atoms with Crippen LogP contribution in [0.2, 0.25) is 0 Å². The number of nitrogens with one attached hydrogen (secondary N) is 2. The van der Waals surface area contributed by atoms with Gasteiger partial charge in [-0.15, -0.1) is 0 Å². The highest BCUT2D eigenvalue weighted by Crippen LogP contribution is 2.14. The van der Waals surface area contributed by atoms with Crippen molar-refractivity contribution >= 4 is 23.2 Å². The van der Waals surface area contributed by atoms with Crippen LogP contribution >= 0.6 is 0 Å². The Morgan fingerprint density at radius 1 is 0.964 bits per heavy atom. The number of carbonyl (C=O) groups excluding carboxylic acids is 2. The van der Waals surface area contributed by atoms with Gasteiger partial charge in [0.05, 0.1) is 18.3 Å². The van der Waals surface area contributed by atoms with E-state index in [4.69, 9.17) is 0 Å². The summed E-state index contributed by atoms with van der Waals surface area (Å²) >= 11 is 0. The third-order valence-electron chi connectivity index (χ3n) is 4.89. The van der Waals surface area contributed by atoms with Crippen LogP contribution in [0.1, 0.15) is 6.92 Å². The Labute approximate surface area is 164 Å². The van der Waals surface area contributed by atoms with Crippen LogP contribution in [0.25, 0.3) is 0 Å². The summed E-state index contributed by atoms with van der Waals surface area (Å²) < 4.78 is 13.7. The van der Waals surface area contributed by atoms with Gasteiger partial charge < -0.3 is 10.6 Å². The van der Waals surface area contributed by atoms with Crippen LogP contribution in [-0.4, -0.2) is 60.4 Å². The second-order valence-corrected chi connectivity index (χ2v) is 6.87. The van der Waals surface area contributed by atoms with Gasteiger partial charge in [0, 0.05) is 31.9 Å². The molecule has 0 aliphatic carbocycles. The zero-order valence-corrected chi connectivity index (χ0v) is 15.9. The van der Waals surface area contributed by atoms with Crippen molar-refractivity contribution in [1.82, 2.24) is 9.80 Å². The predicted molar refractivity (Wildman–Crippen MR) is 108 cm³/mol. The van der Waals surface area contributed by atoms with Crippen molar-refractivity contribution in [3.05, 3.63) is 60.4 Å². The zero-order chi connectivity index (χ0) is 19.9. The van der Waals surface area contributed by atoms with Crippen LogP contribution in [0.5, 0.6) is 0 Å². The minimum atomic E-state index is -0.447. The summed E-state index contributed by atoms with van der Waals surface area (Å²) in [6.07, 6.45) is 0. The fourth-order valence-corrected chi connectivity index (χ4v) is 3.20. The lowest BCUT2D eigenvalue weighted by atomic mass is 10.2. The summed E-state index contributed by atoms with van der Waals surface area (Å²) in [4.78, 5) is 28.7. The van der Waals surface area contributed by atoms with E-state index >= 15 is 0 Å². The lowest BCUT2D eigenvalue weighted by molar-refractivity contribution is -0.122. The average Bonchev–Trinajstić information content (AvgIpc) is 2.70. The van der Waals surface area contributed by atoms with Gasteiger partial charge in [0.1, 0.15) is 5.82 Å². The van der Waals surface area contributed by atoms with Gasteiger partial charge in [-0.25, -0.2) is 4.39 Å². The Morgan fingerprint density at radius 2 is 1.61 bits per heavy atom. The number of anilines is 2. The minimum Gasteiger partial charge on any atom is -0.325 e. The van der Waals surface area contributed by atoms with Crippen molar-refractivity contribution in [1.29, 1.82) is 0 Å².